The molecule has 0 bridgehead atoms. The first-order valence-electron chi connectivity index (χ1n) is 7.13. The Kier molecular flexibility index (Phi) is 3.38. The lowest BCUT2D eigenvalue weighted by Gasteiger charge is -2.05. The van der Waals surface area contributed by atoms with Crippen LogP contribution in [0.4, 0.5) is 0 Å². The van der Waals surface area contributed by atoms with E-state index in [1.165, 1.54) is 23.2 Å². The molecule has 2 aromatic rings. The number of H-pyrrole nitrogens is 1. The van der Waals surface area contributed by atoms with Gasteiger partial charge >= 0.3 is 0 Å². The molecule has 3 rings (SSSR count). The second-order valence-electron chi connectivity index (χ2n) is 5.56. The average Bonchev–Trinajstić information content (AvgIpc) is 2.73. The summed E-state index contributed by atoms with van der Waals surface area (Å²) in [5, 5.41) is 3.42. The number of fused-ring (bicyclic) bond motifs is 3. The highest BCUT2D eigenvalue weighted by Crippen LogP contribution is 2.30. The number of nitrogens with one attached hydrogen (secondary N) is 2. The van der Waals surface area contributed by atoms with E-state index >= 15 is 0 Å². The van der Waals surface area contributed by atoms with Crippen LogP contribution in [0.25, 0.3) is 11.3 Å². The van der Waals surface area contributed by atoms with Crippen LogP contribution in [0.5, 0.6) is 0 Å². The Labute approximate surface area is 114 Å². The average molecular weight is 255 g/mol. The lowest BCUT2D eigenvalue weighted by Crippen LogP contribution is -2.22. The number of imidazole rings is 1. The number of aromatic nitrogens is 2. The molecule has 0 atom stereocenters. The first kappa shape index (κ1) is 12.4. The zero-order valence-corrected chi connectivity index (χ0v) is 11.7. The SMILES string of the molecule is CC(C)NCc1nc2c([nH]1)CCCc1ccccc1-2. The lowest BCUT2D eigenvalue weighted by molar-refractivity contribution is 0.574. The topological polar surface area (TPSA) is 40.7 Å². The molecule has 1 aliphatic rings. The van der Waals surface area contributed by atoms with Crippen LogP contribution in [0.3, 0.4) is 0 Å². The Bertz CT molecular complexity index is 569. The normalized spacial score (nSPS) is 14.1. The maximum absolute atomic E-state index is 4.81. The monoisotopic (exact) mass is 255 g/mol. The highest BCUT2D eigenvalue weighted by Gasteiger charge is 2.18. The van der Waals surface area contributed by atoms with Crippen molar-refractivity contribution in [3.8, 4) is 11.3 Å². The fourth-order valence-corrected chi connectivity index (χ4v) is 2.68. The standard InChI is InChI=1S/C16H21N3/c1-11(2)17-10-15-18-14-9-5-7-12-6-3-4-8-13(12)16(14)19-15/h3-4,6,8,11,17H,5,7,9-10H2,1-2H3,(H,18,19). The van der Waals surface area contributed by atoms with Crippen molar-refractivity contribution in [3.63, 3.8) is 0 Å². The van der Waals surface area contributed by atoms with Crippen LogP contribution in [0.1, 0.15) is 37.4 Å². The van der Waals surface area contributed by atoms with Crippen LogP contribution >= 0.6 is 0 Å². The maximum Gasteiger partial charge on any atom is 0.121 e. The van der Waals surface area contributed by atoms with Crippen molar-refractivity contribution < 1.29 is 0 Å². The summed E-state index contributed by atoms with van der Waals surface area (Å²) in [5.41, 5.74) is 5.19. The van der Waals surface area contributed by atoms with Gasteiger partial charge in [-0.25, -0.2) is 4.98 Å². The van der Waals surface area contributed by atoms with Crippen molar-refractivity contribution >= 4 is 0 Å². The van der Waals surface area contributed by atoms with Gasteiger partial charge < -0.3 is 10.3 Å². The zero-order chi connectivity index (χ0) is 13.2. The molecule has 1 aromatic carbocycles. The molecular formula is C16H21N3. The molecule has 1 heterocycles. The molecule has 2 N–H and O–H groups in total. The molecule has 0 amide bonds. The van der Waals surface area contributed by atoms with Crippen molar-refractivity contribution in [2.45, 2.75) is 45.7 Å². The molecule has 0 aliphatic heterocycles. The van der Waals surface area contributed by atoms with Gasteiger partial charge in [-0.3, -0.25) is 0 Å². The minimum Gasteiger partial charge on any atom is -0.344 e. The van der Waals surface area contributed by atoms with Crippen molar-refractivity contribution in [3.05, 3.63) is 41.3 Å². The van der Waals surface area contributed by atoms with E-state index in [2.05, 4.69) is 48.4 Å². The molecule has 1 aliphatic carbocycles. The Hall–Kier alpha value is -1.61. The summed E-state index contributed by atoms with van der Waals surface area (Å²) < 4.78 is 0. The fourth-order valence-electron chi connectivity index (χ4n) is 2.68. The first-order chi connectivity index (χ1) is 9.24. The third-order valence-corrected chi connectivity index (χ3v) is 3.65. The maximum atomic E-state index is 4.81. The van der Waals surface area contributed by atoms with E-state index in [9.17, 15) is 0 Å². The summed E-state index contributed by atoms with van der Waals surface area (Å²) >= 11 is 0. The minimum absolute atomic E-state index is 0.484. The van der Waals surface area contributed by atoms with E-state index in [1.54, 1.807) is 0 Å². The number of aromatic amines is 1. The molecule has 3 nitrogen and oxygen atoms in total. The van der Waals surface area contributed by atoms with Crippen LogP contribution in [0.2, 0.25) is 0 Å². The highest BCUT2D eigenvalue weighted by molar-refractivity contribution is 5.67. The summed E-state index contributed by atoms with van der Waals surface area (Å²) in [6.45, 7) is 5.12. The quantitative estimate of drug-likeness (QED) is 0.885. The molecule has 19 heavy (non-hydrogen) atoms. The Balaban J connectivity index is 1.95. The van der Waals surface area contributed by atoms with Gasteiger partial charge in [0.05, 0.1) is 12.2 Å². The second kappa shape index (κ2) is 5.17. The van der Waals surface area contributed by atoms with Crippen LogP contribution in [0, 0.1) is 0 Å². The summed E-state index contributed by atoms with van der Waals surface area (Å²) in [7, 11) is 0. The summed E-state index contributed by atoms with van der Waals surface area (Å²) in [5.74, 6) is 1.05. The van der Waals surface area contributed by atoms with Gasteiger partial charge in [-0.1, -0.05) is 38.1 Å². The Morgan fingerprint density at radius 3 is 2.95 bits per heavy atom. The third-order valence-electron chi connectivity index (χ3n) is 3.65. The van der Waals surface area contributed by atoms with Crippen molar-refractivity contribution in [2.75, 3.05) is 0 Å². The highest BCUT2D eigenvalue weighted by atomic mass is 15.0. The van der Waals surface area contributed by atoms with Crippen LogP contribution < -0.4 is 5.32 Å². The van der Waals surface area contributed by atoms with Gasteiger partial charge in [0, 0.05) is 17.3 Å². The molecule has 0 fully saturated rings. The van der Waals surface area contributed by atoms with E-state index in [-0.39, 0.29) is 0 Å². The summed E-state index contributed by atoms with van der Waals surface area (Å²) in [6.07, 6.45) is 3.45. The fraction of sp³-hybridized carbons (Fsp3) is 0.438. The van der Waals surface area contributed by atoms with E-state index < -0.39 is 0 Å². The van der Waals surface area contributed by atoms with E-state index in [1.807, 2.05) is 0 Å². The van der Waals surface area contributed by atoms with Gasteiger partial charge in [0.25, 0.3) is 0 Å². The van der Waals surface area contributed by atoms with Crippen molar-refractivity contribution in [1.82, 2.24) is 15.3 Å². The van der Waals surface area contributed by atoms with E-state index in [0.29, 0.717) is 6.04 Å². The molecule has 3 heteroatoms. The second-order valence-corrected chi connectivity index (χ2v) is 5.56. The van der Waals surface area contributed by atoms with E-state index in [4.69, 9.17) is 4.98 Å². The van der Waals surface area contributed by atoms with E-state index in [0.717, 1.165) is 30.9 Å². The molecule has 0 saturated heterocycles. The largest absolute Gasteiger partial charge is 0.344 e. The molecule has 1 aromatic heterocycles. The molecular weight excluding hydrogens is 234 g/mol. The number of hydrogen-bond donors (Lipinski definition) is 2. The van der Waals surface area contributed by atoms with Gasteiger partial charge in [0.2, 0.25) is 0 Å². The molecule has 0 radical (unpaired) electrons. The number of rotatable bonds is 3. The third kappa shape index (κ3) is 2.56. The van der Waals surface area contributed by atoms with Gasteiger partial charge in [-0.05, 0) is 24.8 Å². The van der Waals surface area contributed by atoms with Crippen LogP contribution in [-0.4, -0.2) is 16.0 Å². The van der Waals surface area contributed by atoms with Gasteiger partial charge in [-0.2, -0.15) is 0 Å². The van der Waals surface area contributed by atoms with Crippen molar-refractivity contribution in [1.29, 1.82) is 0 Å². The number of nitrogens with zero attached hydrogens (tertiary/aromatic N) is 1. The van der Waals surface area contributed by atoms with Gasteiger partial charge in [-0.15, -0.1) is 0 Å². The minimum atomic E-state index is 0.484. The molecule has 0 spiro atoms. The summed E-state index contributed by atoms with van der Waals surface area (Å²) in [4.78, 5) is 8.30. The van der Waals surface area contributed by atoms with Crippen molar-refractivity contribution in [2.24, 2.45) is 0 Å². The molecule has 0 saturated carbocycles. The predicted octanol–water partition coefficient (Wildman–Crippen LogP) is 3.06. The van der Waals surface area contributed by atoms with Crippen LogP contribution in [-0.2, 0) is 19.4 Å². The zero-order valence-electron chi connectivity index (χ0n) is 11.7. The van der Waals surface area contributed by atoms with Gasteiger partial charge in [0.15, 0.2) is 0 Å². The number of aryl methyl sites for hydroxylation is 2. The van der Waals surface area contributed by atoms with Crippen LogP contribution in [0.15, 0.2) is 24.3 Å². The summed E-state index contributed by atoms with van der Waals surface area (Å²) in [6, 6.07) is 9.13. The smallest absolute Gasteiger partial charge is 0.121 e. The predicted molar refractivity (Wildman–Crippen MR) is 78.0 cm³/mol. The number of benzene rings is 1. The lowest BCUT2D eigenvalue weighted by atomic mass is 10.0. The molecule has 100 valence electrons. The Morgan fingerprint density at radius 2 is 2.11 bits per heavy atom. The Morgan fingerprint density at radius 1 is 1.26 bits per heavy atom. The number of hydrogen-bond acceptors (Lipinski definition) is 2. The van der Waals surface area contributed by atoms with Gasteiger partial charge in [0.1, 0.15) is 5.82 Å². The molecule has 0 unspecified atom stereocenters. The first-order valence-corrected chi connectivity index (χ1v) is 7.13.